The van der Waals surface area contributed by atoms with Gasteiger partial charge < -0.3 is 15.4 Å². The van der Waals surface area contributed by atoms with Gasteiger partial charge in [-0.15, -0.1) is 0 Å². The zero-order valence-electron chi connectivity index (χ0n) is 16.7. The summed E-state index contributed by atoms with van der Waals surface area (Å²) in [6.45, 7) is 6.33. The summed E-state index contributed by atoms with van der Waals surface area (Å²) in [5.74, 6) is 0.202. The molecule has 3 rings (SSSR count). The summed E-state index contributed by atoms with van der Waals surface area (Å²) in [7, 11) is 0. The fourth-order valence-corrected chi connectivity index (χ4v) is 3.50. The molecule has 1 aliphatic carbocycles. The lowest BCUT2D eigenvalue weighted by Crippen LogP contribution is -2.47. The van der Waals surface area contributed by atoms with E-state index in [2.05, 4.69) is 16.7 Å². The molecule has 1 atom stereocenters. The largest absolute Gasteiger partial charge is 0.494 e. The van der Waals surface area contributed by atoms with Crippen molar-refractivity contribution in [3.8, 4) is 5.75 Å². The van der Waals surface area contributed by atoms with E-state index in [1.165, 1.54) is 17.5 Å². The van der Waals surface area contributed by atoms with Crippen LogP contribution in [0.15, 0.2) is 42.5 Å². The number of benzene rings is 2. The molecule has 0 bridgehead atoms. The third-order valence-corrected chi connectivity index (χ3v) is 5.03. The van der Waals surface area contributed by atoms with Crippen LogP contribution in [0.3, 0.4) is 0 Å². The number of amides is 2. The van der Waals surface area contributed by atoms with Gasteiger partial charge in [-0.3, -0.25) is 9.59 Å². The molecule has 0 aromatic heterocycles. The second-order valence-electron chi connectivity index (χ2n) is 7.48. The molecule has 5 heteroatoms. The molecular formula is C23H28N2O3. The maximum absolute atomic E-state index is 12.8. The van der Waals surface area contributed by atoms with Gasteiger partial charge >= 0.3 is 0 Å². The molecule has 2 aromatic carbocycles. The second-order valence-corrected chi connectivity index (χ2v) is 7.48. The molecule has 0 fully saturated rings. The van der Waals surface area contributed by atoms with Crippen LogP contribution in [-0.2, 0) is 17.6 Å². The number of aryl methyl sites for hydroxylation is 2. The molecule has 0 spiro atoms. The van der Waals surface area contributed by atoms with Crippen LogP contribution < -0.4 is 15.4 Å². The first kappa shape index (κ1) is 19.9. The Bertz CT molecular complexity index is 843. The van der Waals surface area contributed by atoms with E-state index in [0.29, 0.717) is 17.9 Å². The van der Waals surface area contributed by atoms with Crippen LogP contribution in [-0.4, -0.2) is 24.5 Å². The van der Waals surface area contributed by atoms with Crippen molar-refractivity contribution >= 4 is 17.5 Å². The Balaban J connectivity index is 1.66. The molecule has 2 N–H and O–H groups in total. The van der Waals surface area contributed by atoms with Crippen molar-refractivity contribution in [1.29, 1.82) is 0 Å². The topological polar surface area (TPSA) is 67.4 Å². The first-order chi connectivity index (χ1) is 13.5. The van der Waals surface area contributed by atoms with Crippen LogP contribution in [0.5, 0.6) is 5.75 Å². The van der Waals surface area contributed by atoms with Crippen LogP contribution in [0.25, 0.3) is 0 Å². The molecule has 0 aliphatic heterocycles. The summed E-state index contributed by atoms with van der Waals surface area (Å²) in [6, 6.07) is 12.4. The van der Waals surface area contributed by atoms with Crippen LogP contribution >= 0.6 is 0 Å². The predicted octanol–water partition coefficient (Wildman–Crippen LogP) is 3.97. The van der Waals surface area contributed by atoms with E-state index in [-0.39, 0.29) is 17.7 Å². The zero-order chi connectivity index (χ0) is 20.1. The summed E-state index contributed by atoms with van der Waals surface area (Å²) in [5, 5.41) is 5.83. The van der Waals surface area contributed by atoms with Gasteiger partial charge in [-0.25, -0.2) is 0 Å². The number of anilines is 1. The quantitative estimate of drug-likeness (QED) is 0.764. The summed E-state index contributed by atoms with van der Waals surface area (Å²) < 4.78 is 5.40. The number of fused-ring (bicyclic) bond motifs is 1. The summed E-state index contributed by atoms with van der Waals surface area (Å²) >= 11 is 0. The second kappa shape index (κ2) is 8.91. The molecule has 2 amide bonds. The lowest BCUT2D eigenvalue weighted by molar-refractivity contribution is -0.118. The first-order valence-electron chi connectivity index (χ1n) is 9.94. The highest BCUT2D eigenvalue weighted by atomic mass is 16.5. The Morgan fingerprint density at radius 1 is 1.04 bits per heavy atom. The number of carbonyl (C=O) groups is 2. The first-order valence-corrected chi connectivity index (χ1v) is 9.94. The number of carbonyl (C=O) groups excluding carboxylic acids is 2. The molecule has 2 aromatic rings. The number of rotatable bonds is 7. The highest BCUT2D eigenvalue weighted by Crippen LogP contribution is 2.25. The summed E-state index contributed by atoms with van der Waals surface area (Å²) in [5.41, 5.74) is 3.95. The molecule has 28 heavy (non-hydrogen) atoms. The van der Waals surface area contributed by atoms with Crippen molar-refractivity contribution in [3.63, 3.8) is 0 Å². The summed E-state index contributed by atoms with van der Waals surface area (Å²) in [6.07, 6.45) is 3.33. The minimum Gasteiger partial charge on any atom is -0.494 e. The highest BCUT2D eigenvalue weighted by molar-refractivity contribution is 6.01. The van der Waals surface area contributed by atoms with E-state index in [1.54, 1.807) is 24.3 Å². The molecule has 1 aliphatic rings. The van der Waals surface area contributed by atoms with Gasteiger partial charge in [0.2, 0.25) is 5.91 Å². The van der Waals surface area contributed by atoms with E-state index in [1.807, 2.05) is 32.9 Å². The molecule has 0 saturated carbocycles. The molecule has 0 saturated heterocycles. The zero-order valence-corrected chi connectivity index (χ0v) is 16.7. The fourth-order valence-electron chi connectivity index (χ4n) is 3.50. The van der Waals surface area contributed by atoms with Crippen LogP contribution in [0.1, 0.15) is 48.7 Å². The number of hydrogen-bond donors (Lipinski definition) is 2. The Hall–Kier alpha value is -2.82. The average Bonchev–Trinajstić information content (AvgIpc) is 3.14. The fraction of sp³-hybridized carbons (Fsp3) is 0.391. The van der Waals surface area contributed by atoms with Crippen molar-refractivity contribution in [1.82, 2.24) is 5.32 Å². The van der Waals surface area contributed by atoms with Gasteiger partial charge in [-0.2, -0.15) is 0 Å². The number of nitrogens with one attached hydrogen (secondary N) is 2. The van der Waals surface area contributed by atoms with E-state index in [0.717, 1.165) is 18.5 Å². The highest BCUT2D eigenvalue weighted by Gasteiger charge is 2.25. The Labute approximate surface area is 166 Å². The average molecular weight is 380 g/mol. The number of hydrogen-bond acceptors (Lipinski definition) is 3. The van der Waals surface area contributed by atoms with Gasteiger partial charge in [0.1, 0.15) is 11.8 Å². The lowest BCUT2D eigenvalue weighted by Gasteiger charge is -2.22. The predicted molar refractivity (Wildman–Crippen MR) is 111 cm³/mol. The number of ether oxygens (including phenoxy) is 1. The van der Waals surface area contributed by atoms with Gasteiger partial charge in [0.25, 0.3) is 5.91 Å². The van der Waals surface area contributed by atoms with E-state index < -0.39 is 6.04 Å². The van der Waals surface area contributed by atoms with Gasteiger partial charge in [-0.05, 0) is 79.6 Å². The van der Waals surface area contributed by atoms with Gasteiger partial charge in [0, 0.05) is 11.3 Å². The standard InChI is InChI=1S/C23H28N2O3/c1-4-28-20-12-9-17(10-13-20)22(26)25-21(15(2)3)23(27)24-19-11-8-16-6-5-7-18(16)14-19/h8-15,21H,4-7H2,1-3H3,(H,24,27)(H,25,26). The molecule has 0 radical (unpaired) electrons. The van der Waals surface area contributed by atoms with Gasteiger partial charge in [0.15, 0.2) is 0 Å². The molecule has 148 valence electrons. The smallest absolute Gasteiger partial charge is 0.251 e. The molecule has 1 unspecified atom stereocenters. The van der Waals surface area contributed by atoms with Crippen molar-refractivity contribution in [2.75, 3.05) is 11.9 Å². The van der Waals surface area contributed by atoms with Crippen molar-refractivity contribution in [2.24, 2.45) is 5.92 Å². The van der Waals surface area contributed by atoms with Crippen LogP contribution in [0.2, 0.25) is 0 Å². The maximum Gasteiger partial charge on any atom is 0.251 e. The lowest BCUT2D eigenvalue weighted by atomic mass is 10.0. The van der Waals surface area contributed by atoms with Crippen LogP contribution in [0, 0.1) is 5.92 Å². The third-order valence-electron chi connectivity index (χ3n) is 5.03. The Morgan fingerprint density at radius 3 is 2.43 bits per heavy atom. The molecular weight excluding hydrogens is 352 g/mol. The van der Waals surface area contributed by atoms with Crippen molar-refractivity contribution in [3.05, 3.63) is 59.2 Å². The summed E-state index contributed by atoms with van der Waals surface area (Å²) in [4.78, 5) is 25.4. The third kappa shape index (κ3) is 4.71. The van der Waals surface area contributed by atoms with Crippen molar-refractivity contribution < 1.29 is 14.3 Å². The Morgan fingerprint density at radius 2 is 1.75 bits per heavy atom. The minimum atomic E-state index is -0.618. The van der Waals surface area contributed by atoms with E-state index in [4.69, 9.17) is 4.74 Å². The normalized spacial score (nSPS) is 13.7. The van der Waals surface area contributed by atoms with Gasteiger partial charge in [-0.1, -0.05) is 19.9 Å². The van der Waals surface area contributed by atoms with Gasteiger partial charge in [0.05, 0.1) is 6.61 Å². The van der Waals surface area contributed by atoms with Crippen LogP contribution in [0.4, 0.5) is 5.69 Å². The van der Waals surface area contributed by atoms with E-state index in [9.17, 15) is 9.59 Å². The molecule has 0 heterocycles. The minimum absolute atomic E-state index is 0.0407. The Kier molecular flexibility index (Phi) is 6.34. The van der Waals surface area contributed by atoms with E-state index >= 15 is 0 Å². The molecule has 5 nitrogen and oxygen atoms in total. The monoisotopic (exact) mass is 380 g/mol. The van der Waals surface area contributed by atoms with Crippen molar-refractivity contribution in [2.45, 2.75) is 46.1 Å². The maximum atomic E-state index is 12.8. The SMILES string of the molecule is CCOc1ccc(C(=O)NC(C(=O)Nc2ccc3c(c2)CCC3)C(C)C)cc1.